The number of nitrogens with zero attached hydrogens (tertiary/aromatic N) is 1. The molecule has 122 valence electrons. The van der Waals surface area contributed by atoms with Gasteiger partial charge in [0, 0.05) is 37.0 Å². The van der Waals surface area contributed by atoms with E-state index in [1.165, 1.54) is 10.6 Å². The molecular weight excluding hydrogens is 316 g/mol. The molecule has 1 aromatic heterocycles. The summed E-state index contributed by atoms with van der Waals surface area (Å²) >= 11 is 5.89. The van der Waals surface area contributed by atoms with Gasteiger partial charge in [0.15, 0.2) is 0 Å². The van der Waals surface area contributed by atoms with Crippen LogP contribution in [0.4, 0.5) is 0 Å². The number of hydrogen-bond acceptors (Lipinski definition) is 3. The van der Waals surface area contributed by atoms with Crippen molar-refractivity contribution >= 4 is 17.5 Å². The molecule has 0 spiro atoms. The summed E-state index contributed by atoms with van der Waals surface area (Å²) in [5.41, 5.74) is 1.01. The third-order valence-electron chi connectivity index (χ3n) is 3.63. The molecule has 0 radical (unpaired) electrons. The van der Waals surface area contributed by atoms with Crippen LogP contribution in [0.2, 0.25) is 5.02 Å². The van der Waals surface area contributed by atoms with Gasteiger partial charge >= 0.3 is 0 Å². The lowest BCUT2D eigenvalue weighted by Gasteiger charge is -2.24. The Morgan fingerprint density at radius 1 is 1.26 bits per heavy atom. The van der Waals surface area contributed by atoms with Gasteiger partial charge in [0.05, 0.1) is 6.04 Å². The number of halogens is 1. The van der Waals surface area contributed by atoms with E-state index in [1.54, 1.807) is 38.6 Å². The Balaban J connectivity index is 2.13. The van der Waals surface area contributed by atoms with Crippen LogP contribution in [0.25, 0.3) is 0 Å². The average Bonchev–Trinajstić information content (AvgIpc) is 2.52. The second kappa shape index (κ2) is 7.44. The van der Waals surface area contributed by atoms with E-state index < -0.39 is 0 Å². The summed E-state index contributed by atoms with van der Waals surface area (Å²) in [5, 5.41) is 3.50. The standard InChI is InChI=1S/C17H19ClN2O3/c1-11(16(23-3)12-4-6-14(18)7-5-12)19-17(22)13-8-9-20(2)15(21)10-13/h4-11,16H,1-3H3,(H,19,22)/t11-,16-/m1/s1. The van der Waals surface area contributed by atoms with E-state index in [9.17, 15) is 9.59 Å². The number of carbonyl (C=O) groups excluding carboxylic acids is 1. The summed E-state index contributed by atoms with van der Waals surface area (Å²) < 4.78 is 6.90. The van der Waals surface area contributed by atoms with Gasteiger partial charge in [-0.05, 0) is 30.7 Å². The zero-order valence-corrected chi connectivity index (χ0v) is 14.0. The first-order chi connectivity index (χ1) is 10.9. The first kappa shape index (κ1) is 17.2. The minimum absolute atomic E-state index is 0.230. The molecule has 0 saturated heterocycles. The van der Waals surface area contributed by atoms with Gasteiger partial charge in [0.2, 0.25) is 0 Å². The Morgan fingerprint density at radius 2 is 1.91 bits per heavy atom. The number of rotatable bonds is 5. The summed E-state index contributed by atoms with van der Waals surface area (Å²) in [4.78, 5) is 23.9. The van der Waals surface area contributed by atoms with Crippen LogP contribution in [0.5, 0.6) is 0 Å². The molecule has 0 aliphatic carbocycles. The number of methoxy groups -OCH3 is 1. The Labute approximate surface area is 139 Å². The second-order valence-electron chi connectivity index (χ2n) is 5.33. The molecule has 0 aliphatic heterocycles. The van der Waals surface area contributed by atoms with E-state index in [4.69, 9.17) is 16.3 Å². The summed E-state index contributed by atoms with van der Waals surface area (Å²) in [6, 6.07) is 9.91. The van der Waals surface area contributed by atoms with Crippen LogP contribution in [0.1, 0.15) is 28.9 Å². The van der Waals surface area contributed by atoms with Crippen molar-refractivity contribution in [1.82, 2.24) is 9.88 Å². The summed E-state index contributed by atoms with van der Waals surface area (Å²) in [6.07, 6.45) is 1.25. The fraction of sp³-hybridized carbons (Fsp3) is 0.294. The van der Waals surface area contributed by atoms with E-state index in [-0.39, 0.29) is 23.6 Å². The van der Waals surface area contributed by atoms with Gasteiger partial charge < -0.3 is 14.6 Å². The SMILES string of the molecule is CO[C@@H](c1ccc(Cl)cc1)[C@@H](C)NC(=O)c1ccn(C)c(=O)c1. The minimum atomic E-state index is -0.317. The molecule has 1 amide bonds. The maximum Gasteiger partial charge on any atom is 0.251 e. The normalized spacial score (nSPS) is 13.4. The maximum absolute atomic E-state index is 12.3. The number of amides is 1. The zero-order valence-electron chi connectivity index (χ0n) is 13.2. The first-order valence-corrected chi connectivity index (χ1v) is 7.56. The average molecular weight is 335 g/mol. The fourth-order valence-electron chi connectivity index (χ4n) is 2.34. The maximum atomic E-state index is 12.3. The molecule has 0 saturated carbocycles. The highest BCUT2D eigenvalue weighted by Crippen LogP contribution is 2.22. The number of pyridine rings is 1. The number of nitrogens with one attached hydrogen (secondary N) is 1. The lowest BCUT2D eigenvalue weighted by atomic mass is 10.0. The van der Waals surface area contributed by atoms with Crippen LogP contribution in [-0.2, 0) is 11.8 Å². The smallest absolute Gasteiger partial charge is 0.251 e. The predicted molar refractivity (Wildman–Crippen MR) is 89.8 cm³/mol. The predicted octanol–water partition coefficient (Wildman–Crippen LogP) is 2.54. The number of hydrogen-bond donors (Lipinski definition) is 1. The molecule has 0 fully saturated rings. The molecular formula is C17H19ClN2O3. The van der Waals surface area contributed by atoms with Crippen LogP contribution < -0.4 is 10.9 Å². The van der Waals surface area contributed by atoms with E-state index in [0.29, 0.717) is 10.6 Å². The van der Waals surface area contributed by atoms with Crippen molar-refractivity contribution in [3.8, 4) is 0 Å². The largest absolute Gasteiger partial charge is 0.375 e. The Bertz CT molecular complexity index is 740. The van der Waals surface area contributed by atoms with Crippen molar-refractivity contribution < 1.29 is 9.53 Å². The van der Waals surface area contributed by atoms with Gasteiger partial charge in [0.1, 0.15) is 6.10 Å². The van der Waals surface area contributed by atoms with Gasteiger partial charge in [-0.1, -0.05) is 23.7 Å². The quantitative estimate of drug-likeness (QED) is 0.914. The third kappa shape index (κ3) is 4.21. The second-order valence-corrected chi connectivity index (χ2v) is 5.77. The summed E-state index contributed by atoms with van der Waals surface area (Å²) in [6.45, 7) is 1.85. The summed E-state index contributed by atoms with van der Waals surface area (Å²) in [7, 11) is 3.22. The molecule has 0 aliphatic rings. The highest BCUT2D eigenvalue weighted by atomic mass is 35.5. The lowest BCUT2D eigenvalue weighted by Crippen LogP contribution is -2.38. The van der Waals surface area contributed by atoms with Gasteiger partial charge in [-0.25, -0.2) is 0 Å². The van der Waals surface area contributed by atoms with E-state index in [1.807, 2.05) is 19.1 Å². The molecule has 5 nitrogen and oxygen atoms in total. The molecule has 0 unspecified atom stereocenters. The van der Waals surface area contributed by atoms with E-state index in [0.717, 1.165) is 5.56 Å². The molecule has 1 aromatic carbocycles. The number of benzene rings is 1. The Hall–Kier alpha value is -2.11. The van der Waals surface area contributed by atoms with Crippen molar-refractivity contribution in [3.05, 3.63) is 69.1 Å². The van der Waals surface area contributed by atoms with E-state index in [2.05, 4.69) is 5.32 Å². The van der Waals surface area contributed by atoms with Crippen molar-refractivity contribution in [2.75, 3.05) is 7.11 Å². The Morgan fingerprint density at radius 3 is 2.48 bits per heavy atom. The van der Waals surface area contributed by atoms with Crippen molar-refractivity contribution in [1.29, 1.82) is 0 Å². The van der Waals surface area contributed by atoms with Crippen molar-refractivity contribution in [3.63, 3.8) is 0 Å². The van der Waals surface area contributed by atoms with Crippen molar-refractivity contribution in [2.24, 2.45) is 7.05 Å². The number of ether oxygens (including phenoxy) is 1. The molecule has 1 N–H and O–H groups in total. The first-order valence-electron chi connectivity index (χ1n) is 7.18. The number of aryl methyl sites for hydroxylation is 1. The molecule has 1 heterocycles. The van der Waals surface area contributed by atoms with Gasteiger partial charge in [0.25, 0.3) is 11.5 Å². The topological polar surface area (TPSA) is 60.3 Å². The highest BCUT2D eigenvalue weighted by molar-refractivity contribution is 6.30. The molecule has 23 heavy (non-hydrogen) atoms. The van der Waals surface area contributed by atoms with Crippen LogP contribution >= 0.6 is 11.6 Å². The molecule has 2 aromatic rings. The minimum Gasteiger partial charge on any atom is -0.375 e. The monoisotopic (exact) mass is 334 g/mol. The van der Waals surface area contributed by atoms with Crippen LogP contribution in [0.15, 0.2) is 47.4 Å². The molecule has 6 heteroatoms. The Kier molecular flexibility index (Phi) is 5.58. The van der Waals surface area contributed by atoms with E-state index >= 15 is 0 Å². The zero-order chi connectivity index (χ0) is 17.0. The molecule has 2 rings (SSSR count). The number of aromatic nitrogens is 1. The molecule has 0 bridgehead atoms. The summed E-state index contributed by atoms with van der Waals surface area (Å²) in [5.74, 6) is -0.314. The van der Waals surface area contributed by atoms with Crippen LogP contribution in [0, 0.1) is 0 Å². The van der Waals surface area contributed by atoms with Gasteiger partial charge in [-0.3, -0.25) is 9.59 Å². The fourth-order valence-corrected chi connectivity index (χ4v) is 2.46. The highest BCUT2D eigenvalue weighted by Gasteiger charge is 2.21. The lowest BCUT2D eigenvalue weighted by molar-refractivity contribution is 0.0645. The van der Waals surface area contributed by atoms with Crippen LogP contribution in [-0.4, -0.2) is 23.6 Å². The van der Waals surface area contributed by atoms with Gasteiger partial charge in [-0.2, -0.15) is 0 Å². The third-order valence-corrected chi connectivity index (χ3v) is 3.88. The molecule has 2 atom stereocenters. The van der Waals surface area contributed by atoms with Gasteiger partial charge in [-0.15, -0.1) is 0 Å². The number of carbonyl (C=O) groups is 1. The van der Waals surface area contributed by atoms with Crippen LogP contribution in [0.3, 0.4) is 0 Å². The van der Waals surface area contributed by atoms with Crippen molar-refractivity contribution in [2.45, 2.75) is 19.1 Å².